The Hall–Kier alpha value is -3.49. The summed E-state index contributed by atoms with van der Waals surface area (Å²) in [7, 11) is 0. The first kappa shape index (κ1) is 18.9. The predicted molar refractivity (Wildman–Crippen MR) is 108 cm³/mol. The minimum atomic E-state index is -0.494. The lowest BCUT2D eigenvalue weighted by molar-refractivity contribution is -0.391. The van der Waals surface area contributed by atoms with Crippen LogP contribution in [-0.4, -0.2) is 56.5 Å². The van der Waals surface area contributed by atoms with E-state index in [1.807, 2.05) is 41.3 Å². The first-order valence-corrected chi connectivity index (χ1v) is 9.67. The molecular weight excluding hydrogens is 372 g/mol. The van der Waals surface area contributed by atoms with E-state index in [1.54, 1.807) is 6.07 Å². The predicted octanol–water partition coefficient (Wildman–Crippen LogP) is 2.31. The lowest BCUT2D eigenvalue weighted by Crippen LogP contribution is -2.35. The van der Waals surface area contributed by atoms with Crippen LogP contribution >= 0.6 is 0 Å². The van der Waals surface area contributed by atoms with Gasteiger partial charge in [0, 0.05) is 38.7 Å². The number of nitrogens with zero attached hydrogens (tertiary/aromatic N) is 6. The molecule has 1 saturated heterocycles. The Bertz CT molecular complexity index is 1020. The van der Waals surface area contributed by atoms with Crippen molar-refractivity contribution in [2.75, 3.05) is 31.1 Å². The van der Waals surface area contributed by atoms with Gasteiger partial charge in [0.25, 0.3) is 0 Å². The van der Waals surface area contributed by atoms with Crippen molar-refractivity contribution in [1.82, 2.24) is 19.5 Å². The molecule has 1 aliphatic heterocycles. The average Bonchev–Trinajstić information content (AvgIpc) is 3.01. The van der Waals surface area contributed by atoms with Crippen LogP contribution in [0.3, 0.4) is 0 Å². The molecule has 4 rings (SSSR count). The van der Waals surface area contributed by atoms with Gasteiger partial charge in [0.2, 0.25) is 11.6 Å². The number of hydrogen-bond acceptors (Lipinski definition) is 6. The van der Waals surface area contributed by atoms with Crippen molar-refractivity contribution in [1.29, 1.82) is 0 Å². The molecule has 9 nitrogen and oxygen atoms in total. The highest BCUT2D eigenvalue weighted by atomic mass is 16.6. The zero-order valence-electron chi connectivity index (χ0n) is 16.0. The van der Waals surface area contributed by atoms with E-state index in [0.29, 0.717) is 37.5 Å². The van der Waals surface area contributed by atoms with Gasteiger partial charge in [-0.3, -0.25) is 4.79 Å². The maximum absolute atomic E-state index is 12.6. The lowest BCUT2D eigenvalue weighted by atomic mass is 10.1. The molecule has 0 bridgehead atoms. The zero-order chi connectivity index (χ0) is 20.2. The van der Waals surface area contributed by atoms with E-state index in [0.717, 1.165) is 24.9 Å². The van der Waals surface area contributed by atoms with Crippen molar-refractivity contribution < 1.29 is 9.72 Å². The molecule has 29 heavy (non-hydrogen) atoms. The van der Waals surface area contributed by atoms with Crippen molar-refractivity contribution in [3.63, 3.8) is 0 Å². The third-order valence-electron chi connectivity index (χ3n) is 5.16. The highest BCUT2D eigenvalue weighted by Gasteiger charge is 2.22. The van der Waals surface area contributed by atoms with Crippen LogP contribution < -0.4 is 4.90 Å². The van der Waals surface area contributed by atoms with Crippen LogP contribution in [-0.2, 0) is 11.2 Å². The second-order valence-corrected chi connectivity index (χ2v) is 7.04. The summed E-state index contributed by atoms with van der Waals surface area (Å²) in [6.07, 6.45) is 3.27. The molecular formula is C20H22N6O3. The maximum Gasteiger partial charge on any atom is 0.368 e. The molecule has 0 unspecified atom stereocenters. The highest BCUT2D eigenvalue weighted by Crippen LogP contribution is 2.19. The van der Waals surface area contributed by atoms with Gasteiger partial charge in [-0.2, -0.15) is 0 Å². The van der Waals surface area contributed by atoms with Crippen LogP contribution in [0.15, 0.2) is 48.7 Å². The monoisotopic (exact) mass is 394 g/mol. The second kappa shape index (κ2) is 8.26. The van der Waals surface area contributed by atoms with E-state index in [4.69, 9.17) is 0 Å². The average molecular weight is 394 g/mol. The van der Waals surface area contributed by atoms with Gasteiger partial charge >= 0.3 is 5.82 Å². The van der Waals surface area contributed by atoms with E-state index >= 15 is 0 Å². The van der Waals surface area contributed by atoms with Crippen LogP contribution in [0.1, 0.15) is 18.4 Å². The number of carbonyl (C=O) groups is 1. The topological polar surface area (TPSA) is 96.9 Å². The van der Waals surface area contributed by atoms with Gasteiger partial charge in [0.1, 0.15) is 6.20 Å². The molecule has 3 aromatic rings. The van der Waals surface area contributed by atoms with E-state index < -0.39 is 4.92 Å². The van der Waals surface area contributed by atoms with Crippen molar-refractivity contribution >= 4 is 23.2 Å². The Kier molecular flexibility index (Phi) is 5.37. The molecule has 0 saturated carbocycles. The molecule has 0 aliphatic carbocycles. The third-order valence-corrected chi connectivity index (χ3v) is 5.16. The molecule has 1 amide bonds. The largest absolute Gasteiger partial charge is 0.368 e. The first-order chi connectivity index (χ1) is 14.1. The summed E-state index contributed by atoms with van der Waals surface area (Å²) in [4.78, 5) is 31.3. The molecule has 0 N–H and O–H groups in total. The molecule has 3 heterocycles. The summed E-state index contributed by atoms with van der Waals surface area (Å²) >= 11 is 0. The number of nitro groups is 1. The van der Waals surface area contributed by atoms with Gasteiger partial charge < -0.3 is 19.9 Å². The SMILES string of the molecule is O=C(CCc1ccccc1)N1CCCN(c2ccc3ncc([N+](=O)[O-])n3n2)CC1. The van der Waals surface area contributed by atoms with Crippen LogP contribution in [0.4, 0.5) is 11.6 Å². The Labute approximate surface area is 167 Å². The van der Waals surface area contributed by atoms with Crippen molar-refractivity contribution in [2.45, 2.75) is 19.3 Å². The summed E-state index contributed by atoms with van der Waals surface area (Å²) in [5, 5.41) is 15.6. The third kappa shape index (κ3) is 4.18. The van der Waals surface area contributed by atoms with Crippen molar-refractivity contribution in [3.8, 4) is 0 Å². The van der Waals surface area contributed by atoms with Crippen LogP contribution in [0.2, 0.25) is 0 Å². The number of fused-ring (bicyclic) bond motifs is 1. The number of aryl methyl sites for hydroxylation is 1. The fraction of sp³-hybridized carbons (Fsp3) is 0.350. The first-order valence-electron chi connectivity index (χ1n) is 9.67. The molecule has 1 aromatic carbocycles. The number of hydrogen-bond donors (Lipinski definition) is 0. The smallest absolute Gasteiger partial charge is 0.358 e. The van der Waals surface area contributed by atoms with Crippen molar-refractivity contribution in [2.24, 2.45) is 0 Å². The summed E-state index contributed by atoms with van der Waals surface area (Å²) in [6.45, 7) is 2.69. The number of imidazole rings is 1. The fourth-order valence-corrected chi connectivity index (χ4v) is 3.59. The Balaban J connectivity index is 1.41. The van der Waals surface area contributed by atoms with Gasteiger partial charge in [0.15, 0.2) is 5.82 Å². The van der Waals surface area contributed by atoms with Gasteiger partial charge in [0.05, 0.1) is 0 Å². The Morgan fingerprint density at radius 1 is 1.07 bits per heavy atom. The number of benzene rings is 1. The summed E-state index contributed by atoms with van der Waals surface area (Å²) < 4.78 is 1.25. The minimum Gasteiger partial charge on any atom is -0.358 e. The molecule has 2 aromatic heterocycles. The molecule has 0 spiro atoms. The number of amides is 1. The molecule has 0 atom stereocenters. The number of anilines is 1. The van der Waals surface area contributed by atoms with Gasteiger partial charge in [-0.15, -0.1) is 0 Å². The zero-order valence-corrected chi connectivity index (χ0v) is 16.0. The molecule has 150 valence electrons. The molecule has 1 aliphatic rings. The standard InChI is InChI=1S/C20H22N6O3/c27-20(10-7-16-5-2-1-3-6-16)24-12-4-11-23(13-14-24)18-9-8-17-21-15-19(26(28)29)25(17)22-18/h1-3,5-6,8-9,15H,4,7,10-14H2. The minimum absolute atomic E-state index is 0.157. The van der Waals surface area contributed by atoms with Crippen molar-refractivity contribution in [3.05, 3.63) is 64.3 Å². The normalized spacial score (nSPS) is 14.8. The Morgan fingerprint density at radius 3 is 2.69 bits per heavy atom. The second-order valence-electron chi connectivity index (χ2n) is 7.04. The lowest BCUT2D eigenvalue weighted by Gasteiger charge is -2.22. The van der Waals surface area contributed by atoms with E-state index in [1.165, 1.54) is 10.7 Å². The number of carbonyl (C=O) groups excluding carboxylic acids is 1. The Morgan fingerprint density at radius 2 is 1.90 bits per heavy atom. The van der Waals surface area contributed by atoms with E-state index in [9.17, 15) is 14.9 Å². The number of aromatic nitrogens is 3. The highest BCUT2D eigenvalue weighted by molar-refractivity contribution is 5.76. The summed E-state index contributed by atoms with van der Waals surface area (Å²) in [6, 6.07) is 13.6. The quantitative estimate of drug-likeness (QED) is 0.487. The van der Waals surface area contributed by atoms with E-state index in [2.05, 4.69) is 15.0 Å². The van der Waals surface area contributed by atoms with Gasteiger partial charge in [-0.05, 0) is 29.4 Å². The molecule has 1 fully saturated rings. The molecule has 9 heteroatoms. The number of rotatable bonds is 5. The van der Waals surface area contributed by atoms with Gasteiger partial charge in [-0.1, -0.05) is 39.9 Å². The van der Waals surface area contributed by atoms with Crippen LogP contribution in [0.5, 0.6) is 0 Å². The van der Waals surface area contributed by atoms with Crippen LogP contribution in [0, 0.1) is 10.1 Å². The fourth-order valence-electron chi connectivity index (χ4n) is 3.59. The summed E-state index contributed by atoms with van der Waals surface area (Å²) in [5.41, 5.74) is 1.60. The maximum atomic E-state index is 12.6. The van der Waals surface area contributed by atoms with Crippen LogP contribution in [0.25, 0.3) is 5.65 Å². The van der Waals surface area contributed by atoms with E-state index in [-0.39, 0.29) is 11.7 Å². The summed E-state index contributed by atoms with van der Waals surface area (Å²) in [5.74, 6) is 0.649. The molecule has 0 radical (unpaired) electrons. The van der Waals surface area contributed by atoms with Gasteiger partial charge in [-0.25, -0.2) is 4.98 Å².